The van der Waals surface area contributed by atoms with Crippen LogP contribution in [0.2, 0.25) is 0 Å². The van der Waals surface area contributed by atoms with E-state index in [1.54, 1.807) is 19.1 Å². The Morgan fingerprint density at radius 1 is 1.15 bits per heavy atom. The molecule has 2 amide bonds. The first kappa shape index (κ1) is 25.2. The van der Waals surface area contributed by atoms with Gasteiger partial charge in [0.25, 0.3) is 17.4 Å². The Hall–Kier alpha value is -3.46. The van der Waals surface area contributed by atoms with Gasteiger partial charge in [0.15, 0.2) is 5.54 Å². The minimum Gasteiger partial charge on any atom is -0.353 e. The molecule has 0 spiro atoms. The van der Waals surface area contributed by atoms with E-state index < -0.39 is 34.6 Å². The lowest BCUT2D eigenvalue weighted by atomic mass is 9.89. The summed E-state index contributed by atoms with van der Waals surface area (Å²) in [6, 6.07) is 9.80. The van der Waals surface area contributed by atoms with Gasteiger partial charge in [-0.15, -0.1) is 0 Å². The molecule has 0 aliphatic rings. The number of carbonyl (C=O) groups is 2. The number of aromatic nitrogens is 2. The molecule has 0 fully saturated rings. The lowest BCUT2D eigenvalue weighted by Crippen LogP contribution is -2.59. The molecule has 2 atom stereocenters. The first-order valence-corrected chi connectivity index (χ1v) is 10.7. The van der Waals surface area contributed by atoms with Crippen LogP contribution in [-0.2, 0) is 21.5 Å². The number of aryl methyl sites for hydroxylation is 1. The Labute approximate surface area is 199 Å². The molecule has 1 heterocycles. The zero-order valence-electron chi connectivity index (χ0n) is 18.4. The van der Waals surface area contributed by atoms with E-state index in [0.717, 1.165) is 6.07 Å². The van der Waals surface area contributed by atoms with Crippen molar-refractivity contribution in [2.75, 3.05) is 11.4 Å². The lowest BCUT2D eigenvalue weighted by Gasteiger charge is -2.40. The van der Waals surface area contributed by atoms with Crippen molar-refractivity contribution in [2.45, 2.75) is 31.4 Å². The SMILES string of the molecule is Cc1ccc(N(C(=O)[C@H](F)Cl)[C@](C)(C(=O)NCCc2cccc(F)c2)c2cncnc2)c(F)c1. The van der Waals surface area contributed by atoms with Crippen LogP contribution in [0.5, 0.6) is 0 Å². The molecule has 0 bridgehead atoms. The first-order valence-electron chi connectivity index (χ1n) is 10.3. The van der Waals surface area contributed by atoms with Crippen LogP contribution in [0.4, 0.5) is 18.9 Å². The molecule has 178 valence electrons. The molecule has 34 heavy (non-hydrogen) atoms. The van der Waals surface area contributed by atoms with Crippen molar-refractivity contribution >= 4 is 29.1 Å². The molecule has 0 saturated heterocycles. The first-order chi connectivity index (χ1) is 16.1. The highest BCUT2D eigenvalue weighted by atomic mass is 35.5. The molecule has 3 aromatic rings. The average molecular weight is 491 g/mol. The molecule has 0 saturated carbocycles. The van der Waals surface area contributed by atoms with Gasteiger partial charge in [-0.1, -0.05) is 29.8 Å². The Kier molecular flexibility index (Phi) is 7.88. The van der Waals surface area contributed by atoms with Crippen molar-refractivity contribution in [3.8, 4) is 0 Å². The zero-order valence-corrected chi connectivity index (χ0v) is 19.2. The lowest BCUT2D eigenvalue weighted by molar-refractivity contribution is -0.131. The van der Waals surface area contributed by atoms with Gasteiger partial charge in [-0.25, -0.2) is 23.1 Å². The van der Waals surface area contributed by atoms with E-state index in [1.807, 2.05) is 0 Å². The molecule has 0 unspecified atom stereocenters. The zero-order chi connectivity index (χ0) is 24.9. The molecule has 0 radical (unpaired) electrons. The number of hydrogen-bond donors (Lipinski definition) is 1. The summed E-state index contributed by atoms with van der Waals surface area (Å²) < 4.78 is 42.6. The number of nitrogens with one attached hydrogen (secondary N) is 1. The van der Waals surface area contributed by atoms with E-state index in [2.05, 4.69) is 15.3 Å². The third kappa shape index (κ3) is 5.36. The molecule has 0 aliphatic heterocycles. The number of amides is 2. The van der Waals surface area contributed by atoms with Gasteiger partial charge in [0.1, 0.15) is 18.0 Å². The predicted octanol–water partition coefficient (Wildman–Crippen LogP) is 4.20. The Balaban J connectivity index is 2.04. The number of benzene rings is 2. The fourth-order valence-electron chi connectivity index (χ4n) is 3.57. The topological polar surface area (TPSA) is 75.2 Å². The van der Waals surface area contributed by atoms with Gasteiger partial charge < -0.3 is 5.32 Å². The highest BCUT2D eigenvalue weighted by Crippen LogP contribution is 2.36. The van der Waals surface area contributed by atoms with E-state index in [-0.39, 0.29) is 24.2 Å². The van der Waals surface area contributed by atoms with Crippen LogP contribution in [0.15, 0.2) is 61.2 Å². The van der Waals surface area contributed by atoms with E-state index in [0.29, 0.717) is 16.0 Å². The maximum absolute atomic E-state index is 15.0. The van der Waals surface area contributed by atoms with Crippen LogP contribution in [0.1, 0.15) is 23.6 Å². The maximum atomic E-state index is 15.0. The van der Waals surface area contributed by atoms with Crippen molar-refractivity contribution in [3.05, 3.63) is 89.5 Å². The van der Waals surface area contributed by atoms with Crippen LogP contribution in [0.25, 0.3) is 0 Å². The predicted molar refractivity (Wildman–Crippen MR) is 122 cm³/mol. The molecule has 1 aromatic heterocycles. The van der Waals surface area contributed by atoms with Gasteiger partial charge in [-0.05, 0) is 55.7 Å². The van der Waals surface area contributed by atoms with Gasteiger partial charge in [-0.2, -0.15) is 0 Å². The summed E-state index contributed by atoms with van der Waals surface area (Å²) in [5, 5.41) is 2.67. The number of nitrogens with zero attached hydrogens (tertiary/aromatic N) is 3. The van der Waals surface area contributed by atoms with Crippen molar-refractivity contribution in [3.63, 3.8) is 0 Å². The van der Waals surface area contributed by atoms with E-state index in [4.69, 9.17) is 11.6 Å². The second-order valence-corrected chi connectivity index (χ2v) is 8.15. The standard InChI is InChI=1S/C24H22ClF3N4O2/c1-15-6-7-20(19(27)10-15)32(22(33)21(25)28)24(2,17-12-29-14-30-13-17)23(34)31-9-8-16-4-3-5-18(26)11-16/h3-7,10-14,21H,8-9H2,1-2H3,(H,31,34)/t21-,24-/m0/s1. The molecule has 1 N–H and O–H groups in total. The minimum atomic E-state index is -2.55. The normalized spacial score (nSPS) is 13.6. The molecule has 10 heteroatoms. The summed E-state index contributed by atoms with van der Waals surface area (Å²) in [5.41, 5.74) is -3.58. The van der Waals surface area contributed by atoms with Crippen LogP contribution < -0.4 is 10.2 Å². The van der Waals surface area contributed by atoms with Crippen LogP contribution in [0.3, 0.4) is 0 Å². The van der Waals surface area contributed by atoms with Gasteiger partial charge in [0, 0.05) is 24.5 Å². The quantitative estimate of drug-likeness (QED) is 0.480. The smallest absolute Gasteiger partial charge is 0.278 e. The van der Waals surface area contributed by atoms with Crippen molar-refractivity contribution < 1.29 is 22.8 Å². The fourth-order valence-corrected chi connectivity index (χ4v) is 3.67. The Morgan fingerprint density at radius 2 is 1.85 bits per heavy atom. The molecule has 0 aliphatic carbocycles. The Morgan fingerprint density at radius 3 is 2.47 bits per heavy atom. The van der Waals surface area contributed by atoms with E-state index in [1.165, 1.54) is 49.9 Å². The second kappa shape index (κ2) is 10.6. The highest BCUT2D eigenvalue weighted by Gasteiger charge is 2.47. The molecule has 2 aromatic carbocycles. The summed E-state index contributed by atoms with van der Waals surface area (Å²) in [4.78, 5) is 34.9. The second-order valence-electron chi connectivity index (χ2n) is 7.76. The van der Waals surface area contributed by atoms with Gasteiger partial charge >= 0.3 is 0 Å². The average Bonchev–Trinajstić information content (AvgIpc) is 2.80. The highest BCUT2D eigenvalue weighted by molar-refractivity contribution is 6.32. The molecular weight excluding hydrogens is 469 g/mol. The summed E-state index contributed by atoms with van der Waals surface area (Å²) in [6.07, 6.45) is 4.03. The monoisotopic (exact) mass is 490 g/mol. The fraction of sp³-hybridized carbons (Fsp3) is 0.250. The molecule has 6 nitrogen and oxygen atoms in total. The van der Waals surface area contributed by atoms with Gasteiger partial charge in [0.05, 0.1) is 5.69 Å². The van der Waals surface area contributed by atoms with Gasteiger partial charge in [-0.3, -0.25) is 14.5 Å². The van der Waals surface area contributed by atoms with Crippen molar-refractivity contribution in [1.29, 1.82) is 0 Å². The van der Waals surface area contributed by atoms with Crippen LogP contribution in [0, 0.1) is 18.6 Å². The number of rotatable bonds is 8. The third-order valence-electron chi connectivity index (χ3n) is 5.35. The number of halogens is 4. The number of carbonyl (C=O) groups excluding carboxylic acids is 2. The largest absolute Gasteiger partial charge is 0.353 e. The van der Waals surface area contributed by atoms with Crippen LogP contribution in [-0.4, -0.2) is 34.0 Å². The summed E-state index contributed by atoms with van der Waals surface area (Å²) >= 11 is 5.48. The number of hydrogen-bond acceptors (Lipinski definition) is 4. The molecular formula is C24H22ClF3N4O2. The van der Waals surface area contributed by atoms with E-state index >= 15 is 0 Å². The molecule has 3 rings (SSSR count). The summed E-state index contributed by atoms with van der Waals surface area (Å²) in [7, 11) is 0. The van der Waals surface area contributed by atoms with Crippen molar-refractivity contribution in [1.82, 2.24) is 15.3 Å². The van der Waals surface area contributed by atoms with E-state index in [9.17, 15) is 22.8 Å². The third-order valence-corrected chi connectivity index (χ3v) is 5.54. The maximum Gasteiger partial charge on any atom is 0.278 e. The Bertz CT molecular complexity index is 1180. The number of anilines is 1. The summed E-state index contributed by atoms with van der Waals surface area (Å²) in [6.45, 7) is 3.02. The number of alkyl halides is 2. The van der Waals surface area contributed by atoms with Gasteiger partial charge in [0.2, 0.25) is 0 Å². The summed E-state index contributed by atoms with van der Waals surface area (Å²) in [5.74, 6) is -3.36. The minimum absolute atomic E-state index is 0.0594. The van der Waals surface area contributed by atoms with Crippen molar-refractivity contribution in [2.24, 2.45) is 0 Å². The van der Waals surface area contributed by atoms with Crippen LogP contribution >= 0.6 is 11.6 Å².